The molecule has 4 aliphatic rings. The van der Waals surface area contributed by atoms with Gasteiger partial charge in [-0.15, -0.1) is 0 Å². The van der Waals surface area contributed by atoms with Gasteiger partial charge in [0.1, 0.15) is 6.73 Å². The molecule has 392 valence electrons. The molecule has 6 heterocycles. The van der Waals surface area contributed by atoms with Crippen molar-refractivity contribution >= 4 is 31.3 Å². The molecule has 2 fully saturated rings. The lowest BCUT2D eigenvalue weighted by atomic mass is 9.72. The van der Waals surface area contributed by atoms with E-state index >= 15 is 0 Å². The van der Waals surface area contributed by atoms with E-state index in [0.717, 1.165) is 119 Å². The van der Waals surface area contributed by atoms with Crippen LogP contribution in [0.25, 0.3) is 0 Å². The fourth-order valence-electron chi connectivity index (χ4n) is 10.1. The molecule has 5 N–H and O–H groups in total. The Morgan fingerprint density at radius 1 is 0.808 bits per heavy atom. The fourth-order valence-corrected chi connectivity index (χ4v) is 10.8. The second-order valence-electron chi connectivity index (χ2n) is 22.2. The van der Waals surface area contributed by atoms with Gasteiger partial charge in [-0.2, -0.15) is 20.4 Å². The molecule has 1 amide bonds. The zero-order valence-corrected chi connectivity index (χ0v) is 44.8. The molecule has 73 heavy (non-hydrogen) atoms. The molecule has 2 aliphatic heterocycles. The molecule has 2 spiro atoms. The van der Waals surface area contributed by atoms with Gasteiger partial charge in [0.2, 0.25) is 0 Å². The van der Waals surface area contributed by atoms with Gasteiger partial charge in [-0.1, -0.05) is 80.3 Å². The highest BCUT2D eigenvalue weighted by atomic mass is 28.3. The molecule has 10 rings (SSSR count). The first-order chi connectivity index (χ1) is 35.0. The number of nitrogens with two attached hydrogens (primary N) is 1. The molecule has 6 aromatic rings. The zero-order valence-electron chi connectivity index (χ0n) is 43.8. The minimum Gasteiger partial charge on any atom is -0.476 e. The minimum atomic E-state index is -1.12. The van der Waals surface area contributed by atoms with Gasteiger partial charge in [0.25, 0.3) is 5.91 Å². The molecule has 2 saturated heterocycles. The van der Waals surface area contributed by atoms with Crippen molar-refractivity contribution in [1.29, 1.82) is 0 Å². The van der Waals surface area contributed by atoms with Gasteiger partial charge in [0, 0.05) is 60.4 Å². The highest BCUT2D eigenvalue weighted by Gasteiger charge is 2.45. The van der Waals surface area contributed by atoms with Crippen LogP contribution >= 0.6 is 0 Å². The number of H-pyrrole nitrogens is 1. The number of hydrogen-bond donors (Lipinski definition) is 4. The Bertz CT molecular complexity index is 2740. The van der Waals surface area contributed by atoms with Crippen molar-refractivity contribution in [2.45, 2.75) is 95.9 Å². The summed E-state index contributed by atoms with van der Waals surface area (Å²) in [5.41, 5.74) is 14.8. The van der Waals surface area contributed by atoms with Crippen LogP contribution in [0.1, 0.15) is 92.4 Å². The van der Waals surface area contributed by atoms with Crippen LogP contribution in [-0.2, 0) is 46.6 Å². The summed E-state index contributed by atoms with van der Waals surface area (Å²) in [7, 11) is 7.19. The number of carbonyl (C=O) groups excluding carboxylic acids is 1. The van der Waals surface area contributed by atoms with E-state index in [9.17, 15) is 14.7 Å². The molecular formula is C54H76N12O6Si. The lowest BCUT2D eigenvalue weighted by Gasteiger charge is -2.44. The van der Waals surface area contributed by atoms with E-state index in [0.29, 0.717) is 30.4 Å². The number of hydrogen-bond acceptors (Lipinski definition) is 12. The summed E-state index contributed by atoms with van der Waals surface area (Å²) in [5, 5.41) is 33.1. The number of carbonyl (C=O) groups is 2. The van der Waals surface area contributed by atoms with E-state index < -0.39 is 14.0 Å². The number of benzene rings is 2. The molecule has 2 aliphatic carbocycles. The average molecular weight is 1020 g/mol. The Kier molecular flexibility index (Phi) is 17.2. The van der Waals surface area contributed by atoms with E-state index in [1.807, 2.05) is 46.0 Å². The number of carboxylic acids is 1. The Morgan fingerprint density at radius 3 is 1.89 bits per heavy atom. The highest BCUT2D eigenvalue weighted by Crippen LogP contribution is 2.43. The third-order valence-corrected chi connectivity index (χ3v) is 16.2. The minimum absolute atomic E-state index is 0.100. The smallest absolute Gasteiger partial charge is 0.356 e. The number of aromatic amines is 1. The van der Waals surface area contributed by atoms with Gasteiger partial charge >= 0.3 is 5.97 Å². The average Bonchev–Trinajstić information content (AvgIpc) is 4.16. The van der Waals surface area contributed by atoms with Crippen molar-refractivity contribution < 1.29 is 28.9 Å². The maximum absolute atomic E-state index is 13.0. The van der Waals surface area contributed by atoms with Crippen molar-refractivity contribution in [3.05, 3.63) is 130 Å². The molecular weight excluding hydrogens is 941 g/mol. The predicted molar refractivity (Wildman–Crippen MR) is 285 cm³/mol. The molecule has 2 atom stereocenters. The molecule has 0 saturated carbocycles. The van der Waals surface area contributed by atoms with E-state index in [4.69, 9.17) is 19.9 Å². The molecule has 4 aromatic heterocycles. The Hall–Kier alpha value is -5.96. The summed E-state index contributed by atoms with van der Waals surface area (Å²) in [5.74, 6) is -1.13. The monoisotopic (exact) mass is 1020 g/mol. The first-order valence-electron chi connectivity index (χ1n) is 25.6. The normalized spacial score (nSPS) is 17.1. The fraction of sp³-hybridized carbons (Fsp3) is 0.519. The van der Waals surface area contributed by atoms with Crippen LogP contribution in [0.4, 0.5) is 11.4 Å². The van der Waals surface area contributed by atoms with E-state index in [1.54, 1.807) is 17.1 Å². The number of rotatable bonds is 18. The molecule has 0 radical (unpaired) electrons. The summed E-state index contributed by atoms with van der Waals surface area (Å²) < 4.78 is 22.3. The van der Waals surface area contributed by atoms with Crippen LogP contribution in [0.15, 0.2) is 85.5 Å². The molecule has 2 unspecified atom stereocenters. The third kappa shape index (κ3) is 13.6. The number of amides is 1. The van der Waals surface area contributed by atoms with Crippen LogP contribution in [0, 0.1) is 10.8 Å². The summed E-state index contributed by atoms with van der Waals surface area (Å²) in [6, 6.07) is 22.2. The Labute approximate surface area is 430 Å². The number of nitrogen functional groups attached to an aromatic ring is 1. The van der Waals surface area contributed by atoms with Gasteiger partial charge in [-0.25, -0.2) is 9.48 Å². The summed E-state index contributed by atoms with van der Waals surface area (Å²) in [6.45, 7) is 13.1. The number of ether oxygens (including phenoxy) is 3. The summed E-state index contributed by atoms with van der Waals surface area (Å²) in [4.78, 5) is 28.8. The lowest BCUT2D eigenvalue weighted by Crippen LogP contribution is -2.47. The number of nitrogens with zero attached hydrogens (tertiary/aromatic N) is 9. The lowest BCUT2D eigenvalue weighted by molar-refractivity contribution is -0.121. The molecule has 2 aromatic carbocycles. The largest absolute Gasteiger partial charge is 0.476 e. The summed E-state index contributed by atoms with van der Waals surface area (Å²) >= 11 is 0. The van der Waals surface area contributed by atoms with Crippen LogP contribution in [-0.4, -0.2) is 149 Å². The molecule has 0 bridgehead atoms. The number of anilines is 2. The van der Waals surface area contributed by atoms with Crippen LogP contribution in [0.3, 0.4) is 0 Å². The molecule has 19 heteroatoms. The van der Waals surface area contributed by atoms with E-state index in [2.05, 4.69) is 125 Å². The number of nitrogens with one attached hydrogen (secondary N) is 2. The molecule has 18 nitrogen and oxygen atoms in total. The summed E-state index contributed by atoms with van der Waals surface area (Å²) in [6.07, 6.45) is 14.6. The van der Waals surface area contributed by atoms with Gasteiger partial charge < -0.3 is 40.2 Å². The second-order valence-corrected chi connectivity index (χ2v) is 27.9. The number of fused-ring (bicyclic) bond motifs is 2. The van der Waals surface area contributed by atoms with Crippen LogP contribution in [0.2, 0.25) is 25.7 Å². The van der Waals surface area contributed by atoms with Gasteiger partial charge in [0.15, 0.2) is 11.4 Å². The van der Waals surface area contributed by atoms with Crippen molar-refractivity contribution in [1.82, 2.24) is 49.3 Å². The maximum Gasteiger partial charge on any atom is 0.356 e. The number of aromatic carboxylic acids is 1. The SMILES string of the molecule is CN(C)CCC(c1ccccc1)n1cc(N)cn1.CN(C)CCC(c1ccccc1)n1cc(NC(=O)c2n[nH]c3c2CCC2(COC2)C3)cn1.C[Si](C)(C)CCOCn1nc(C(=O)O)c2c1CC1(CC2)COC1. The third-order valence-electron chi connectivity index (χ3n) is 14.5. The topological polar surface area (TPSA) is 209 Å². The van der Waals surface area contributed by atoms with Crippen molar-refractivity contribution in [2.75, 3.05) is 85.4 Å². The van der Waals surface area contributed by atoms with Gasteiger partial charge in [-0.05, 0) is 110 Å². The second kappa shape index (κ2) is 23.5. The van der Waals surface area contributed by atoms with Crippen LogP contribution in [0.5, 0.6) is 0 Å². The van der Waals surface area contributed by atoms with Crippen molar-refractivity contribution in [3.63, 3.8) is 0 Å². The Balaban J connectivity index is 0.000000153. The zero-order chi connectivity index (χ0) is 51.8. The van der Waals surface area contributed by atoms with Crippen molar-refractivity contribution in [3.8, 4) is 0 Å². The standard InChI is InChI=1S/C24H30N6O2.C16H26N2O4Si.C14H20N4/c1-29(2)11-9-21(17-6-4-3-5-7-17)30-14-18(13-25-30)26-23(31)22-19-8-10-24(15-32-16-24)12-20(19)27-28-22;1-23(2,3)7-6-21-11-18-13-8-16(9-22-10-16)5-4-12(13)14(17-18)15(19)20;1-17(2)9-8-14(12-6-4-3-5-7-12)18-11-13(15)10-16-18/h3-7,13-14,21H,8-12,15-16H2,1-2H3,(H,26,31)(H,27,28);4-11H2,1-3H3,(H,19,20);3-7,10-11,14H,8-9,15H2,1-2H3. The number of carboxylic acid groups (broad SMARTS) is 1. The van der Waals surface area contributed by atoms with E-state index in [1.165, 1.54) is 11.1 Å². The van der Waals surface area contributed by atoms with Crippen molar-refractivity contribution in [2.24, 2.45) is 10.8 Å². The first-order valence-corrected chi connectivity index (χ1v) is 29.4. The van der Waals surface area contributed by atoms with Crippen LogP contribution < -0.4 is 11.1 Å². The predicted octanol–water partition coefficient (Wildman–Crippen LogP) is 7.31. The quantitative estimate of drug-likeness (QED) is 0.0493. The van der Waals surface area contributed by atoms with Gasteiger partial charge in [0.05, 0.1) is 62.3 Å². The van der Waals surface area contributed by atoms with Gasteiger partial charge in [-0.3, -0.25) is 19.3 Å². The van der Waals surface area contributed by atoms with E-state index in [-0.39, 0.29) is 34.5 Å². The Morgan fingerprint density at radius 2 is 1.37 bits per heavy atom. The first kappa shape index (κ1) is 53.3. The number of aromatic nitrogens is 8. The highest BCUT2D eigenvalue weighted by molar-refractivity contribution is 6.76. The maximum atomic E-state index is 13.0.